The van der Waals surface area contributed by atoms with Crippen molar-refractivity contribution in [3.8, 4) is 0 Å². The van der Waals surface area contributed by atoms with Crippen LogP contribution in [0.2, 0.25) is 0 Å². The number of hydrogen-bond donors (Lipinski definition) is 4. The molecule has 0 aliphatic carbocycles. The number of carboxylic acid groups (broad SMARTS) is 3. The fourth-order valence-corrected chi connectivity index (χ4v) is 0.715. The Morgan fingerprint density at radius 3 is 1.75 bits per heavy atom. The average molecular weight is 385 g/mol. The van der Waals surface area contributed by atoms with Gasteiger partial charge in [-0.2, -0.15) is 0 Å². The summed E-state index contributed by atoms with van der Waals surface area (Å²) in [5.74, 6) is -6.20. The van der Waals surface area contributed by atoms with Gasteiger partial charge in [-0.3, -0.25) is 4.79 Å². The normalized spacial score (nSPS) is 14.6. The summed E-state index contributed by atoms with van der Waals surface area (Å²) in [6, 6.07) is 0. The number of rotatable bonds is 5. The summed E-state index contributed by atoms with van der Waals surface area (Å²) >= 11 is 0. The molecule has 2 unspecified atom stereocenters. The summed E-state index contributed by atoms with van der Waals surface area (Å²) in [5, 5.41) is 44.4. The summed E-state index contributed by atoms with van der Waals surface area (Å²) in [7, 11) is 0. The van der Waals surface area contributed by atoms with Gasteiger partial charge in [0.15, 0.2) is 11.7 Å². The minimum atomic E-state index is -3.34. The van der Waals surface area contributed by atoms with E-state index in [1.807, 2.05) is 0 Å². The third kappa shape index (κ3) is 5.74. The predicted molar refractivity (Wildman–Crippen MR) is 35.9 cm³/mol. The molecule has 86 valence electrons. The number of aliphatic carboxylic acids is 3. The van der Waals surface area contributed by atoms with Crippen LogP contribution in [-0.4, -0.2) is 50.0 Å². The molecule has 0 fully saturated rings. The second-order valence-corrected chi connectivity index (χ2v) is 2.52. The molecule has 10 heteroatoms. The number of aliphatic hydroxyl groups is 2. The molecule has 0 saturated heterocycles. The van der Waals surface area contributed by atoms with Gasteiger partial charge in [0, 0.05) is 65.4 Å². The van der Waals surface area contributed by atoms with Gasteiger partial charge in [0.05, 0.1) is 12.4 Å². The minimum Gasteiger partial charge on any atom is -0.547 e. The molecule has 0 spiro atoms. The van der Waals surface area contributed by atoms with E-state index in [1.54, 1.807) is 0 Å². The second-order valence-electron chi connectivity index (χ2n) is 2.52. The van der Waals surface area contributed by atoms with E-state index in [1.165, 1.54) is 0 Å². The molecular weight excluding hydrogens is 378 g/mol. The van der Waals surface area contributed by atoms with Gasteiger partial charge in [0.25, 0.3) is 0 Å². The summed E-state index contributed by atoms with van der Waals surface area (Å²) < 4.78 is 0. The van der Waals surface area contributed by atoms with Crippen molar-refractivity contribution < 1.29 is 105 Å². The van der Waals surface area contributed by atoms with Crippen LogP contribution in [0.4, 0.5) is 0 Å². The zero-order chi connectivity index (χ0) is 11.5. The van der Waals surface area contributed by atoms with Crippen LogP contribution in [0.25, 0.3) is 0 Å². The van der Waals surface area contributed by atoms with E-state index in [0.29, 0.717) is 0 Å². The fourth-order valence-electron chi connectivity index (χ4n) is 0.715. The van der Waals surface area contributed by atoms with E-state index in [0.717, 1.165) is 0 Å². The van der Waals surface area contributed by atoms with Crippen molar-refractivity contribution in [3.05, 3.63) is 0 Å². The van der Waals surface area contributed by atoms with Gasteiger partial charge in [-0.05, 0) is 0 Å². The van der Waals surface area contributed by atoms with Crippen LogP contribution in [0.15, 0.2) is 0 Å². The average Bonchev–Trinajstić information content (AvgIpc) is 2.00. The molecule has 0 bridgehead atoms. The van der Waals surface area contributed by atoms with Gasteiger partial charge in [-0.25, -0.2) is 4.79 Å². The molecule has 2 atom stereocenters. The first-order chi connectivity index (χ1) is 6.21. The van der Waals surface area contributed by atoms with Crippen LogP contribution in [0, 0.1) is 0 Å². The zero-order valence-electron chi connectivity index (χ0n) is 7.86. The maximum Gasteiger partial charge on any atom is 0.336 e. The molecule has 4 N–H and O–H groups in total. The van der Waals surface area contributed by atoms with Crippen molar-refractivity contribution in [1.82, 2.24) is 0 Å². The van der Waals surface area contributed by atoms with Crippen LogP contribution in [0.3, 0.4) is 0 Å². The third-order valence-electron chi connectivity index (χ3n) is 1.46. The van der Waals surface area contributed by atoms with Crippen molar-refractivity contribution in [1.29, 1.82) is 0 Å². The molecule has 0 aliphatic rings. The van der Waals surface area contributed by atoms with Gasteiger partial charge in [-0.15, -0.1) is 0 Å². The summed E-state index contributed by atoms with van der Waals surface area (Å²) in [4.78, 5) is 30.5. The quantitative estimate of drug-likeness (QED) is 0.378. The van der Waals surface area contributed by atoms with Gasteiger partial charge >= 0.3 is 11.9 Å². The summed E-state index contributed by atoms with van der Waals surface area (Å²) in [5.41, 5.74) is -3.34. The van der Waals surface area contributed by atoms with Crippen LogP contribution < -0.4 is 5.11 Å². The SMILES string of the molecule is O=C(O)CC(O)(C(=O)[O-])C(O)C(=O)O.[Y].[Y]. The fraction of sp³-hybridized carbons (Fsp3) is 0.500. The Hall–Kier alpha value is 0.538. The summed E-state index contributed by atoms with van der Waals surface area (Å²) in [6.07, 6.45) is -4.23. The molecule has 2 radical (unpaired) electrons. The van der Waals surface area contributed by atoms with Gasteiger partial charge in [-0.1, -0.05) is 0 Å². The smallest absolute Gasteiger partial charge is 0.336 e. The number of carboxylic acids is 3. The van der Waals surface area contributed by atoms with E-state index in [4.69, 9.17) is 20.4 Å². The van der Waals surface area contributed by atoms with E-state index >= 15 is 0 Å². The van der Waals surface area contributed by atoms with E-state index in [-0.39, 0.29) is 65.4 Å². The molecule has 0 aromatic rings. The summed E-state index contributed by atoms with van der Waals surface area (Å²) in [6.45, 7) is 0. The Morgan fingerprint density at radius 2 is 1.56 bits per heavy atom. The number of hydrogen-bond acceptors (Lipinski definition) is 6. The third-order valence-corrected chi connectivity index (χ3v) is 1.46. The topological polar surface area (TPSA) is 155 Å². The number of carbonyl (C=O) groups is 3. The van der Waals surface area contributed by atoms with Gasteiger partial charge in [0.1, 0.15) is 0 Å². The largest absolute Gasteiger partial charge is 0.547 e. The number of aliphatic hydroxyl groups excluding tert-OH is 1. The van der Waals surface area contributed by atoms with E-state index in [2.05, 4.69) is 0 Å². The van der Waals surface area contributed by atoms with E-state index < -0.39 is 36.0 Å². The number of carbonyl (C=O) groups excluding carboxylic acids is 1. The first-order valence-electron chi connectivity index (χ1n) is 3.28. The molecule has 0 saturated carbocycles. The molecule has 0 amide bonds. The van der Waals surface area contributed by atoms with Crippen molar-refractivity contribution in [2.45, 2.75) is 18.1 Å². The van der Waals surface area contributed by atoms with Crippen LogP contribution in [-0.2, 0) is 79.8 Å². The van der Waals surface area contributed by atoms with Crippen molar-refractivity contribution in [2.75, 3.05) is 0 Å². The minimum absolute atomic E-state index is 0. The standard InChI is InChI=1S/C6H8O8.2Y/c7-2(8)1-6(14,5(12)13)3(9)4(10)11;;/h3,9,14H,1H2,(H,7,8)(H,10,11)(H,12,13);;/p-1. The van der Waals surface area contributed by atoms with E-state index in [9.17, 15) is 19.5 Å². The predicted octanol–water partition coefficient (Wildman–Crippen LogP) is -3.62. The monoisotopic (exact) mass is 385 g/mol. The Bertz CT molecular complexity index is 280. The van der Waals surface area contributed by atoms with Crippen molar-refractivity contribution in [2.24, 2.45) is 0 Å². The Morgan fingerprint density at radius 1 is 1.19 bits per heavy atom. The Labute approximate surface area is 140 Å². The molecule has 0 aromatic carbocycles. The Kier molecular flexibility index (Phi) is 11.7. The van der Waals surface area contributed by atoms with Crippen molar-refractivity contribution >= 4 is 17.9 Å². The van der Waals surface area contributed by atoms with Gasteiger partial charge < -0.3 is 30.3 Å². The van der Waals surface area contributed by atoms with Crippen LogP contribution in [0.5, 0.6) is 0 Å². The zero-order valence-corrected chi connectivity index (χ0v) is 13.5. The second kappa shape index (κ2) is 8.60. The molecular formula is C6H7O8Y2-. The maximum absolute atomic E-state index is 10.3. The first kappa shape index (κ1) is 21.8. The maximum atomic E-state index is 10.3. The molecule has 8 nitrogen and oxygen atoms in total. The molecule has 0 rings (SSSR count). The van der Waals surface area contributed by atoms with Crippen molar-refractivity contribution in [3.63, 3.8) is 0 Å². The van der Waals surface area contributed by atoms with Crippen LogP contribution >= 0.6 is 0 Å². The first-order valence-corrected chi connectivity index (χ1v) is 3.28. The molecule has 0 aromatic heterocycles. The molecule has 0 heterocycles. The Balaban J connectivity index is -0.000000845. The molecule has 16 heavy (non-hydrogen) atoms. The molecule has 0 aliphatic heterocycles. The van der Waals surface area contributed by atoms with Gasteiger partial charge in [0.2, 0.25) is 0 Å². The van der Waals surface area contributed by atoms with Crippen LogP contribution in [0.1, 0.15) is 6.42 Å².